The van der Waals surface area contributed by atoms with E-state index in [1.807, 2.05) is 48.5 Å². The number of carbonyl (C=O) groups is 1. The second-order valence-corrected chi connectivity index (χ2v) is 13.6. The lowest BCUT2D eigenvalue weighted by atomic mass is 9.87. The van der Waals surface area contributed by atoms with Gasteiger partial charge >= 0.3 is 6.18 Å². The largest absolute Gasteiger partial charge is 0.406 e. The van der Waals surface area contributed by atoms with Crippen molar-refractivity contribution in [3.8, 4) is 11.3 Å². The van der Waals surface area contributed by atoms with E-state index in [2.05, 4.69) is 31.4 Å². The molecule has 1 aromatic heterocycles. The number of hydrogen-bond donors (Lipinski definition) is 2. The Morgan fingerprint density at radius 1 is 0.952 bits per heavy atom. The summed E-state index contributed by atoms with van der Waals surface area (Å²) in [6.45, 7) is 5.54. The van der Waals surface area contributed by atoms with Gasteiger partial charge in [-0.1, -0.05) is 63.2 Å². The predicted molar refractivity (Wildman–Crippen MR) is 164 cm³/mol. The highest BCUT2D eigenvalue weighted by molar-refractivity contribution is 7.85. The molecule has 3 aromatic carbocycles. The third-order valence-electron chi connectivity index (χ3n) is 7.75. The molecule has 0 bridgehead atoms. The molecule has 42 heavy (non-hydrogen) atoms. The number of alkyl halides is 3. The van der Waals surface area contributed by atoms with Crippen LogP contribution >= 0.6 is 0 Å². The highest BCUT2D eigenvalue weighted by atomic mass is 32.2. The van der Waals surface area contributed by atoms with Crippen LogP contribution < -0.4 is 10.6 Å². The summed E-state index contributed by atoms with van der Waals surface area (Å²) >= 11 is 0. The molecule has 2 N–H and O–H groups in total. The van der Waals surface area contributed by atoms with Gasteiger partial charge in [0.05, 0.1) is 5.52 Å². The first kappa shape index (κ1) is 29.9. The van der Waals surface area contributed by atoms with Crippen LogP contribution in [0.2, 0.25) is 0 Å². The van der Waals surface area contributed by atoms with Crippen LogP contribution in [0, 0.1) is 0 Å². The molecular weight excluding hydrogens is 559 g/mol. The minimum atomic E-state index is -4.40. The SMILES string of the molecule is CC(C)(C)c1ccc(C(=O)NCc2ccc(-c3cc4c(NC5CCS(=O)CC5)cccc4n3CC(F)(F)F)cc2)cc1. The van der Waals surface area contributed by atoms with Crippen molar-refractivity contribution in [3.05, 3.63) is 89.5 Å². The molecule has 2 heterocycles. The van der Waals surface area contributed by atoms with Crippen molar-refractivity contribution in [3.63, 3.8) is 0 Å². The molecule has 0 radical (unpaired) electrons. The summed E-state index contributed by atoms with van der Waals surface area (Å²) in [5.41, 5.74) is 4.96. The molecule has 1 aliphatic heterocycles. The lowest BCUT2D eigenvalue weighted by Gasteiger charge is -2.24. The maximum Gasteiger partial charge on any atom is 0.406 e. The van der Waals surface area contributed by atoms with Crippen LogP contribution in [0.15, 0.2) is 72.8 Å². The van der Waals surface area contributed by atoms with E-state index in [9.17, 15) is 22.2 Å². The van der Waals surface area contributed by atoms with E-state index in [4.69, 9.17) is 0 Å². The summed E-state index contributed by atoms with van der Waals surface area (Å²) in [6, 6.07) is 22.1. The summed E-state index contributed by atoms with van der Waals surface area (Å²) in [7, 11) is -0.795. The normalized spacial score (nSPS) is 17.8. The van der Waals surface area contributed by atoms with Crippen molar-refractivity contribution in [1.82, 2.24) is 9.88 Å². The Morgan fingerprint density at radius 3 is 2.24 bits per heavy atom. The van der Waals surface area contributed by atoms with Gasteiger partial charge in [0, 0.05) is 57.2 Å². The summed E-state index contributed by atoms with van der Waals surface area (Å²) in [4.78, 5) is 12.7. The minimum Gasteiger partial charge on any atom is -0.382 e. The van der Waals surface area contributed by atoms with E-state index in [0.717, 1.165) is 35.0 Å². The van der Waals surface area contributed by atoms with Crippen LogP contribution in [0.5, 0.6) is 0 Å². The predicted octanol–water partition coefficient (Wildman–Crippen LogP) is 7.42. The number of nitrogens with one attached hydrogen (secondary N) is 2. The molecule has 1 saturated heterocycles. The van der Waals surface area contributed by atoms with Crippen LogP contribution in [0.4, 0.5) is 18.9 Å². The van der Waals surface area contributed by atoms with Gasteiger partial charge in [0.25, 0.3) is 5.91 Å². The Labute approximate surface area is 247 Å². The number of benzene rings is 3. The van der Waals surface area contributed by atoms with E-state index >= 15 is 0 Å². The average molecular weight is 596 g/mol. The number of halogens is 3. The number of fused-ring (bicyclic) bond motifs is 1. The minimum absolute atomic E-state index is 0.00131. The van der Waals surface area contributed by atoms with Gasteiger partial charge in [-0.05, 0) is 65.3 Å². The molecule has 222 valence electrons. The van der Waals surface area contributed by atoms with Crippen molar-refractivity contribution >= 4 is 33.3 Å². The van der Waals surface area contributed by atoms with E-state index < -0.39 is 23.5 Å². The third-order valence-corrected chi connectivity index (χ3v) is 9.13. The smallest absolute Gasteiger partial charge is 0.382 e. The maximum atomic E-state index is 13.7. The lowest BCUT2D eigenvalue weighted by molar-refractivity contribution is -0.139. The van der Waals surface area contributed by atoms with Crippen molar-refractivity contribution in [2.24, 2.45) is 0 Å². The quantitative estimate of drug-likeness (QED) is 0.234. The molecule has 4 aromatic rings. The van der Waals surface area contributed by atoms with Crippen molar-refractivity contribution in [2.75, 3.05) is 16.8 Å². The number of aromatic nitrogens is 1. The number of nitrogens with zero attached hydrogens (tertiary/aromatic N) is 1. The van der Waals surface area contributed by atoms with Crippen LogP contribution in [0.3, 0.4) is 0 Å². The Bertz CT molecular complexity index is 1580. The number of anilines is 1. The van der Waals surface area contributed by atoms with Crippen molar-refractivity contribution < 1.29 is 22.2 Å². The zero-order chi connectivity index (χ0) is 30.1. The van der Waals surface area contributed by atoms with Crippen LogP contribution in [0.25, 0.3) is 22.2 Å². The van der Waals surface area contributed by atoms with Crippen LogP contribution in [-0.4, -0.2) is 38.4 Å². The number of rotatable bonds is 7. The first-order valence-electron chi connectivity index (χ1n) is 14.2. The Hall–Kier alpha value is -3.59. The van der Waals surface area contributed by atoms with Gasteiger partial charge in [0.2, 0.25) is 0 Å². The first-order valence-corrected chi connectivity index (χ1v) is 15.6. The van der Waals surface area contributed by atoms with E-state index in [1.165, 1.54) is 4.57 Å². The van der Waals surface area contributed by atoms with Gasteiger partial charge in [0.15, 0.2) is 0 Å². The summed E-state index contributed by atoms with van der Waals surface area (Å²) < 4.78 is 54.2. The second kappa shape index (κ2) is 12.0. The zero-order valence-corrected chi connectivity index (χ0v) is 24.9. The monoisotopic (exact) mass is 595 g/mol. The van der Waals surface area contributed by atoms with Gasteiger partial charge in [-0.25, -0.2) is 0 Å². The molecular formula is C33H36F3N3O2S. The molecule has 0 aliphatic carbocycles. The Morgan fingerprint density at radius 2 is 1.62 bits per heavy atom. The summed E-state index contributed by atoms with van der Waals surface area (Å²) in [5.74, 6) is 1.07. The first-order chi connectivity index (χ1) is 19.9. The number of carbonyl (C=O) groups excluding carboxylic acids is 1. The second-order valence-electron chi connectivity index (χ2n) is 11.9. The molecule has 5 rings (SSSR count). The van der Waals surface area contributed by atoms with E-state index in [0.29, 0.717) is 40.4 Å². The van der Waals surface area contributed by atoms with Gasteiger partial charge in [-0.2, -0.15) is 13.2 Å². The molecule has 0 unspecified atom stereocenters. The van der Waals surface area contributed by atoms with Crippen molar-refractivity contribution in [2.45, 2.75) is 64.3 Å². The fourth-order valence-corrected chi connectivity index (χ4v) is 6.66. The molecule has 1 amide bonds. The third kappa shape index (κ3) is 7.06. The molecule has 1 fully saturated rings. The fourth-order valence-electron chi connectivity index (χ4n) is 5.36. The van der Waals surface area contributed by atoms with Gasteiger partial charge in [-0.3, -0.25) is 9.00 Å². The van der Waals surface area contributed by atoms with E-state index in [-0.39, 0.29) is 17.4 Å². The molecule has 0 saturated carbocycles. The summed E-state index contributed by atoms with van der Waals surface area (Å²) in [6.07, 6.45) is -2.87. The fraction of sp³-hybridized carbons (Fsp3) is 0.364. The highest BCUT2D eigenvalue weighted by Gasteiger charge is 2.30. The molecule has 1 aliphatic rings. The Balaban J connectivity index is 1.36. The maximum absolute atomic E-state index is 13.7. The molecule has 5 nitrogen and oxygen atoms in total. The molecule has 0 atom stereocenters. The van der Waals surface area contributed by atoms with Gasteiger partial charge < -0.3 is 15.2 Å². The van der Waals surface area contributed by atoms with Crippen LogP contribution in [-0.2, 0) is 29.3 Å². The van der Waals surface area contributed by atoms with E-state index in [1.54, 1.807) is 24.3 Å². The highest BCUT2D eigenvalue weighted by Crippen LogP contribution is 2.36. The Kier molecular flexibility index (Phi) is 8.51. The average Bonchev–Trinajstić information content (AvgIpc) is 3.30. The standard InChI is InChI=1S/C33H36F3N3O2S/c1-32(2,3)25-13-11-24(12-14-25)31(40)37-20-22-7-9-23(10-8-22)30-19-27-28(38-26-15-17-42(41)18-16-26)5-4-6-29(27)39(30)21-33(34,35)36/h4-14,19,26,38H,15-18,20-21H2,1-3H3,(H,37,40). The number of amides is 1. The lowest BCUT2D eigenvalue weighted by Crippen LogP contribution is -2.29. The van der Waals surface area contributed by atoms with Gasteiger partial charge in [-0.15, -0.1) is 0 Å². The topological polar surface area (TPSA) is 63.1 Å². The number of hydrogen-bond acceptors (Lipinski definition) is 3. The molecule has 9 heteroatoms. The summed E-state index contributed by atoms with van der Waals surface area (Å²) in [5, 5.41) is 7.14. The van der Waals surface area contributed by atoms with Crippen molar-refractivity contribution in [1.29, 1.82) is 0 Å². The van der Waals surface area contributed by atoms with Crippen LogP contribution in [0.1, 0.15) is 55.1 Å². The zero-order valence-electron chi connectivity index (χ0n) is 24.1. The van der Waals surface area contributed by atoms with Gasteiger partial charge in [0.1, 0.15) is 6.54 Å². The molecule has 0 spiro atoms.